The van der Waals surface area contributed by atoms with E-state index in [2.05, 4.69) is 25.9 Å². The van der Waals surface area contributed by atoms with Crippen LogP contribution in [0.25, 0.3) is 0 Å². The van der Waals surface area contributed by atoms with Crippen molar-refractivity contribution < 1.29 is 9.59 Å². The minimum absolute atomic E-state index is 0.175. The summed E-state index contributed by atoms with van der Waals surface area (Å²) >= 11 is 0. The molecule has 3 aromatic rings. The highest BCUT2D eigenvalue weighted by atomic mass is 16.2. The van der Waals surface area contributed by atoms with E-state index in [1.165, 1.54) is 19.3 Å². The summed E-state index contributed by atoms with van der Waals surface area (Å²) in [5.41, 5.74) is 2.63. The van der Waals surface area contributed by atoms with Crippen molar-refractivity contribution in [3.05, 3.63) is 78.1 Å². The van der Waals surface area contributed by atoms with E-state index >= 15 is 0 Å². The van der Waals surface area contributed by atoms with Crippen molar-refractivity contribution in [1.29, 1.82) is 0 Å². The molecule has 136 valence electrons. The first kappa shape index (κ1) is 18.1. The SMILES string of the molecule is CC(=O)Nc1cccc(NC(=O)c2cnc(NCc3ccccc3)nc2)c1. The molecule has 0 aliphatic carbocycles. The normalized spacial score (nSPS) is 10.1. The number of nitrogens with one attached hydrogen (secondary N) is 3. The Morgan fingerprint density at radius 3 is 2.22 bits per heavy atom. The van der Waals surface area contributed by atoms with Crippen LogP contribution in [0.15, 0.2) is 67.0 Å². The number of aromatic nitrogens is 2. The van der Waals surface area contributed by atoms with Gasteiger partial charge in [0.25, 0.3) is 5.91 Å². The summed E-state index contributed by atoms with van der Waals surface area (Å²) < 4.78 is 0. The number of hydrogen-bond donors (Lipinski definition) is 3. The van der Waals surface area contributed by atoms with Crippen molar-refractivity contribution in [1.82, 2.24) is 9.97 Å². The Balaban J connectivity index is 1.59. The van der Waals surface area contributed by atoms with E-state index in [0.717, 1.165) is 5.56 Å². The molecule has 0 saturated heterocycles. The highest BCUT2D eigenvalue weighted by Crippen LogP contribution is 2.16. The molecular weight excluding hydrogens is 342 g/mol. The molecule has 7 nitrogen and oxygen atoms in total. The average Bonchev–Trinajstić information content (AvgIpc) is 2.67. The first-order chi connectivity index (χ1) is 13.1. The van der Waals surface area contributed by atoms with Crippen LogP contribution in [0.3, 0.4) is 0 Å². The van der Waals surface area contributed by atoms with Gasteiger partial charge < -0.3 is 16.0 Å². The van der Waals surface area contributed by atoms with Crippen LogP contribution in [0.1, 0.15) is 22.8 Å². The van der Waals surface area contributed by atoms with Crippen molar-refractivity contribution in [2.75, 3.05) is 16.0 Å². The molecule has 1 aromatic heterocycles. The number of hydrogen-bond acceptors (Lipinski definition) is 5. The molecule has 0 spiro atoms. The van der Waals surface area contributed by atoms with Crippen LogP contribution in [-0.4, -0.2) is 21.8 Å². The van der Waals surface area contributed by atoms with Gasteiger partial charge >= 0.3 is 0 Å². The summed E-state index contributed by atoms with van der Waals surface area (Å²) in [6.45, 7) is 2.03. The Morgan fingerprint density at radius 2 is 1.56 bits per heavy atom. The lowest BCUT2D eigenvalue weighted by Gasteiger charge is -2.08. The van der Waals surface area contributed by atoms with E-state index in [9.17, 15) is 9.59 Å². The van der Waals surface area contributed by atoms with Gasteiger partial charge in [-0.2, -0.15) is 0 Å². The Bertz CT molecular complexity index is 927. The van der Waals surface area contributed by atoms with E-state index < -0.39 is 0 Å². The fraction of sp³-hybridized carbons (Fsp3) is 0.100. The largest absolute Gasteiger partial charge is 0.350 e. The fourth-order valence-electron chi connectivity index (χ4n) is 2.39. The molecule has 3 N–H and O–H groups in total. The predicted octanol–water partition coefficient (Wildman–Crippen LogP) is 3.30. The van der Waals surface area contributed by atoms with Crippen LogP contribution in [0, 0.1) is 0 Å². The van der Waals surface area contributed by atoms with Crippen LogP contribution in [0.5, 0.6) is 0 Å². The van der Waals surface area contributed by atoms with Crippen LogP contribution in [-0.2, 0) is 11.3 Å². The maximum absolute atomic E-state index is 12.3. The third kappa shape index (κ3) is 5.37. The number of amides is 2. The quantitative estimate of drug-likeness (QED) is 0.626. The molecule has 0 radical (unpaired) electrons. The van der Waals surface area contributed by atoms with Gasteiger partial charge in [0.2, 0.25) is 11.9 Å². The molecule has 7 heteroatoms. The first-order valence-corrected chi connectivity index (χ1v) is 8.39. The second-order valence-electron chi connectivity index (χ2n) is 5.85. The van der Waals surface area contributed by atoms with Gasteiger partial charge in [0.15, 0.2) is 0 Å². The third-order valence-corrected chi connectivity index (χ3v) is 3.65. The van der Waals surface area contributed by atoms with Crippen LogP contribution >= 0.6 is 0 Å². The monoisotopic (exact) mass is 361 g/mol. The van der Waals surface area contributed by atoms with Crippen molar-refractivity contribution in [2.24, 2.45) is 0 Å². The lowest BCUT2D eigenvalue weighted by Crippen LogP contribution is -2.14. The lowest BCUT2D eigenvalue weighted by atomic mass is 10.2. The number of carbonyl (C=O) groups excluding carboxylic acids is 2. The number of nitrogens with zero attached hydrogens (tertiary/aromatic N) is 2. The summed E-state index contributed by atoms with van der Waals surface area (Å²) in [4.78, 5) is 31.8. The molecule has 1 heterocycles. The topological polar surface area (TPSA) is 96.0 Å². The fourth-order valence-corrected chi connectivity index (χ4v) is 2.39. The Labute approximate surface area is 156 Å². The molecule has 27 heavy (non-hydrogen) atoms. The molecule has 3 rings (SSSR count). The summed E-state index contributed by atoms with van der Waals surface area (Å²) in [5, 5.41) is 8.54. The van der Waals surface area contributed by atoms with Crippen LogP contribution in [0.2, 0.25) is 0 Å². The molecule has 0 aliphatic heterocycles. The Kier molecular flexibility index (Phi) is 5.73. The number of rotatable bonds is 6. The number of anilines is 3. The molecule has 0 atom stereocenters. The van der Waals surface area contributed by atoms with Crippen molar-refractivity contribution in [3.63, 3.8) is 0 Å². The smallest absolute Gasteiger partial charge is 0.258 e. The maximum Gasteiger partial charge on any atom is 0.258 e. The molecule has 0 saturated carbocycles. The van der Waals surface area contributed by atoms with Crippen LogP contribution < -0.4 is 16.0 Å². The van der Waals surface area contributed by atoms with Gasteiger partial charge in [0.1, 0.15) is 0 Å². The van der Waals surface area contributed by atoms with E-state index in [1.54, 1.807) is 24.3 Å². The molecule has 0 fully saturated rings. The molecule has 2 aromatic carbocycles. The second-order valence-corrected chi connectivity index (χ2v) is 5.85. The molecule has 0 unspecified atom stereocenters. The minimum Gasteiger partial charge on any atom is -0.350 e. The van der Waals surface area contributed by atoms with Crippen molar-refractivity contribution in [3.8, 4) is 0 Å². The number of carbonyl (C=O) groups is 2. The maximum atomic E-state index is 12.3. The minimum atomic E-state index is -0.329. The molecular formula is C20H19N5O2. The molecule has 0 aliphatic rings. The zero-order valence-electron chi connectivity index (χ0n) is 14.8. The third-order valence-electron chi connectivity index (χ3n) is 3.65. The van der Waals surface area contributed by atoms with Gasteiger partial charge in [0.05, 0.1) is 5.56 Å². The second kappa shape index (κ2) is 8.57. The first-order valence-electron chi connectivity index (χ1n) is 8.39. The number of benzene rings is 2. The van der Waals surface area contributed by atoms with Gasteiger partial charge in [-0.25, -0.2) is 9.97 Å². The lowest BCUT2D eigenvalue weighted by molar-refractivity contribution is -0.114. The van der Waals surface area contributed by atoms with Crippen molar-refractivity contribution in [2.45, 2.75) is 13.5 Å². The van der Waals surface area contributed by atoms with E-state index in [-0.39, 0.29) is 11.8 Å². The van der Waals surface area contributed by atoms with Crippen molar-refractivity contribution >= 4 is 29.1 Å². The van der Waals surface area contributed by atoms with Gasteiger partial charge in [-0.15, -0.1) is 0 Å². The van der Waals surface area contributed by atoms with E-state index in [0.29, 0.717) is 29.4 Å². The summed E-state index contributed by atoms with van der Waals surface area (Å²) in [7, 11) is 0. The highest BCUT2D eigenvalue weighted by Gasteiger charge is 2.08. The standard InChI is InChI=1S/C20H19N5O2/c1-14(26)24-17-8-5-9-18(10-17)25-19(27)16-12-22-20(23-13-16)21-11-15-6-3-2-4-7-15/h2-10,12-13H,11H2,1H3,(H,24,26)(H,25,27)(H,21,22,23). The average molecular weight is 361 g/mol. The predicted molar refractivity (Wildman–Crippen MR) is 104 cm³/mol. The van der Waals surface area contributed by atoms with Crippen LogP contribution in [0.4, 0.5) is 17.3 Å². The van der Waals surface area contributed by atoms with E-state index in [4.69, 9.17) is 0 Å². The van der Waals surface area contributed by atoms with Gasteiger partial charge in [0, 0.05) is 37.2 Å². The zero-order chi connectivity index (χ0) is 19.1. The van der Waals surface area contributed by atoms with Gasteiger partial charge in [-0.3, -0.25) is 9.59 Å². The van der Waals surface area contributed by atoms with Gasteiger partial charge in [-0.1, -0.05) is 36.4 Å². The van der Waals surface area contributed by atoms with Gasteiger partial charge in [-0.05, 0) is 23.8 Å². The molecule has 0 bridgehead atoms. The van der Waals surface area contributed by atoms with E-state index in [1.807, 2.05) is 30.3 Å². The molecule has 2 amide bonds. The summed E-state index contributed by atoms with van der Waals surface area (Å²) in [6, 6.07) is 16.8. The summed E-state index contributed by atoms with van der Waals surface area (Å²) in [6.07, 6.45) is 2.93. The summed E-state index contributed by atoms with van der Waals surface area (Å²) in [5.74, 6) is -0.0573. The zero-order valence-corrected chi connectivity index (χ0v) is 14.8. The highest BCUT2D eigenvalue weighted by molar-refractivity contribution is 6.04. The Morgan fingerprint density at radius 1 is 0.889 bits per heavy atom. The Hall–Kier alpha value is -3.74.